The van der Waals surface area contributed by atoms with Gasteiger partial charge in [0.15, 0.2) is 6.61 Å². The molecule has 0 spiro atoms. The maximum Gasteiger partial charge on any atom is 0.344 e. The highest BCUT2D eigenvalue weighted by Gasteiger charge is 2.22. The van der Waals surface area contributed by atoms with Gasteiger partial charge >= 0.3 is 11.9 Å². The number of esters is 2. The lowest BCUT2D eigenvalue weighted by molar-refractivity contribution is -0.147. The van der Waals surface area contributed by atoms with Crippen LogP contribution in [0.5, 0.6) is 5.75 Å². The average molecular weight is 405 g/mol. The highest BCUT2D eigenvalue weighted by atomic mass is 32.2. The SMILES string of the molecule is COC(=O)c1ccc(COC(=O)COc2ccccc2C2SCCS2)cc1. The quantitative estimate of drug-likeness (QED) is 0.645. The molecule has 0 aromatic heterocycles. The zero-order valence-corrected chi connectivity index (χ0v) is 16.5. The minimum Gasteiger partial charge on any atom is -0.482 e. The van der Waals surface area contributed by atoms with Gasteiger partial charge in [-0.1, -0.05) is 30.3 Å². The van der Waals surface area contributed by atoms with Crippen molar-refractivity contribution in [2.24, 2.45) is 0 Å². The van der Waals surface area contributed by atoms with Crippen LogP contribution in [-0.2, 0) is 20.9 Å². The van der Waals surface area contributed by atoms with Gasteiger partial charge in [0.2, 0.25) is 0 Å². The number of hydrogen-bond acceptors (Lipinski definition) is 7. The molecule has 1 heterocycles. The Kier molecular flexibility index (Phi) is 7.06. The van der Waals surface area contributed by atoms with Gasteiger partial charge in [-0.3, -0.25) is 0 Å². The Hall–Kier alpha value is -2.12. The van der Waals surface area contributed by atoms with E-state index >= 15 is 0 Å². The van der Waals surface area contributed by atoms with Crippen molar-refractivity contribution in [3.05, 3.63) is 65.2 Å². The lowest BCUT2D eigenvalue weighted by atomic mass is 10.1. The zero-order chi connectivity index (χ0) is 19.1. The lowest BCUT2D eigenvalue weighted by Gasteiger charge is -2.14. The molecule has 1 saturated heterocycles. The summed E-state index contributed by atoms with van der Waals surface area (Å²) in [6.45, 7) is -0.0149. The number of methoxy groups -OCH3 is 1. The summed E-state index contributed by atoms with van der Waals surface area (Å²) < 4.78 is 16.0. The van der Waals surface area contributed by atoms with Crippen LogP contribution >= 0.6 is 23.5 Å². The maximum atomic E-state index is 12.0. The smallest absolute Gasteiger partial charge is 0.344 e. The molecule has 2 aromatic carbocycles. The van der Waals surface area contributed by atoms with Crippen molar-refractivity contribution in [3.63, 3.8) is 0 Å². The predicted octanol–water partition coefficient (Wildman–Crippen LogP) is 4.07. The van der Waals surface area contributed by atoms with Crippen LogP contribution in [0.1, 0.15) is 26.1 Å². The van der Waals surface area contributed by atoms with Crippen molar-refractivity contribution in [1.29, 1.82) is 0 Å². The fourth-order valence-electron chi connectivity index (χ4n) is 2.54. The first-order chi connectivity index (χ1) is 13.2. The lowest BCUT2D eigenvalue weighted by Crippen LogP contribution is -2.15. The second-order valence-corrected chi connectivity index (χ2v) is 8.47. The summed E-state index contributed by atoms with van der Waals surface area (Å²) in [5, 5.41) is 0. The second-order valence-electron chi connectivity index (χ2n) is 5.75. The van der Waals surface area contributed by atoms with E-state index in [0.717, 1.165) is 28.4 Å². The third-order valence-electron chi connectivity index (χ3n) is 3.92. The molecule has 0 N–H and O–H groups in total. The minimum absolute atomic E-state index is 0.125. The van der Waals surface area contributed by atoms with Crippen molar-refractivity contribution >= 4 is 35.5 Å². The van der Waals surface area contributed by atoms with Crippen LogP contribution in [0.2, 0.25) is 0 Å². The van der Waals surface area contributed by atoms with Crippen molar-refractivity contribution in [2.45, 2.75) is 11.2 Å². The molecule has 0 atom stereocenters. The van der Waals surface area contributed by atoms with Crippen LogP contribution in [0.25, 0.3) is 0 Å². The van der Waals surface area contributed by atoms with Gasteiger partial charge in [-0.2, -0.15) is 0 Å². The molecule has 5 nitrogen and oxygen atoms in total. The summed E-state index contributed by atoms with van der Waals surface area (Å²) in [5.41, 5.74) is 2.35. The molecule has 142 valence electrons. The topological polar surface area (TPSA) is 61.8 Å². The molecule has 3 rings (SSSR count). The molecule has 0 saturated carbocycles. The third kappa shape index (κ3) is 5.43. The summed E-state index contributed by atoms with van der Waals surface area (Å²) >= 11 is 3.78. The van der Waals surface area contributed by atoms with E-state index in [9.17, 15) is 9.59 Å². The first-order valence-corrected chi connectivity index (χ1v) is 10.5. The minimum atomic E-state index is -0.437. The zero-order valence-electron chi connectivity index (χ0n) is 14.9. The van der Waals surface area contributed by atoms with Crippen molar-refractivity contribution in [1.82, 2.24) is 0 Å². The van der Waals surface area contributed by atoms with Gasteiger partial charge in [0, 0.05) is 17.1 Å². The van der Waals surface area contributed by atoms with Crippen LogP contribution in [0.15, 0.2) is 48.5 Å². The molecule has 7 heteroatoms. The van der Waals surface area contributed by atoms with E-state index in [2.05, 4.69) is 4.74 Å². The third-order valence-corrected chi connectivity index (χ3v) is 6.98. The highest BCUT2D eigenvalue weighted by molar-refractivity contribution is 8.19. The molecule has 0 bridgehead atoms. The molecule has 2 aromatic rings. The maximum absolute atomic E-state index is 12.0. The fraction of sp³-hybridized carbons (Fsp3) is 0.300. The Morgan fingerprint density at radius 3 is 2.44 bits per heavy atom. The summed E-state index contributed by atoms with van der Waals surface area (Å²) in [5.74, 6) is 2.14. The Labute approximate surface area is 166 Å². The number of carbonyl (C=O) groups excluding carboxylic acids is 2. The van der Waals surface area contributed by atoms with Gasteiger partial charge in [0.25, 0.3) is 0 Å². The number of para-hydroxylation sites is 1. The molecular formula is C20H20O5S2. The van der Waals surface area contributed by atoms with E-state index < -0.39 is 11.9 Å². The first-order valence-electron chi connectivity index (χ1n) is 8.45. The van der Waals surface area contributed by atoms with E-state index in [4.69, 9.17) is 9.47 Å². The molecule has 0 amide bonds. The van der Waals surface area contributed by atoms with Crippen LogP contribution in [-0.4, -0.2) is 37.2 Å². The molecule has 27 heavy (non-hydrogen) atoms. The van der Waals surface area contributed by atoms with Gasteiger partial charge in [0.1, 0.15) is 12.4 Å². The van der Waals surface area contributed by atoms with Crippen LogP contribution in [0.4, 0.5) is 0 Å². The van der Waals surface area contributed by atoms with Gasteiger partial charge in [-0.25, -0.2) is 9.59 Å². The number of ether oxygens (including phenoxy) is 3. The number of carbonyl (C=O) groups is 2. The molecule has 1 aliphatic heterocycles. The highest BCUT2D eigenvalue weighted by Crippen LogP contribution is 2.48. The van der Waals surface area contributed by atoms with E-state index in [-0.39, 0.29) is 13.2 Å². The van der Waals surface area contributed by atoms with Gasteiger partial charge in [0.05, 0.1) is 17.3 Å². The summed E-state index contributed by atoms with van der Waals surface area (Å²) in [4.78, 5) is 23.4. The van der Waals surface area contributed by atoms with E-state index in [1.54, 1.807) is 24.3 Å². The van der Waals surface area contributed by atoms with Crippen molar-refractivity contribution in [3.8, 4) is 5.75 Å². The van der Waals surface area contributed by atoms with Gasteiger partial charge < -0.3 is 14.2 Å². The number of hydrogen-bond donors (Lipinski definition) is 0. The number of benzene rings is 2. The molecule has 0 radical (unpaired) electrons. The molecule has 1 aliphatic rings. The average Bonchev–Trinajstić information content (AvgIpc) is 3.25. The Balaban J connectivity index is 1.50. The Morgan fingerprint density at radius 1 is 1.04 bits per heavy atom. The molecule has 0 unspecified atom stereocenters. The van der Waals surface area contributed by atoms with Crippen LogP contribution < -0.4 is 4.74 Å². The largest absolute Gasteiger partial charge is 0.482 e. The fourth-order valence-corrected chi connectivity index (χ4v) is 5.45. The number of thioether (sulfide) groups is 2. The summed E-state index contributed by atoms with van der Waals surface area (Å²) in [6.07, 6.45) is 0. The van der Waals surface area contributed by atoms with Crippen molar-refractivity contribution in [2.75, 3.05) is 25.2 Å². The summed E-state index contributed by atoms with van der Waals surface area (Å²) in [7, 11) is 1.33. The van der Waals surface area contributed by atoms with E-state index in [0.29, 0.717) is 10.1 Å². The Bertz CT molecular complexity index is 785. The van der Waals surface area contributed by atoms with Crippen molar-refractivity contribution < 1.29 is 23.8 Å². The van der Waals surface area contributed by atoms with E-state index in [1.807, 2.05) is 47.8 Å². The van der Waals surface area contributed by atoms with E-state index in [1.165, 1.54) is 7.11 Å². The van der Waals surface area contributed by atoms with Crippen LogP contribution in [0.3, 0.4) is 0 Å². The monoisotopic (exact) mass is 404 g/mol. The molecule has 1 fully saturated rings. The predicted molar refractivity (Wildman–Crippen MR) is 107 cm³/mol. The Morgan fingerprint density at radius 2 is 1.74 bits per heavy atom. The standard InChI is InChI=1S/C20H20O5S2/c1-23-19(22)15-8-6-14(7-9-15)12-25-18(21)13-24-17-5-3-2-4-16(17)20-26-10-11-27-20/h2-9,20H,10-13H2,1H3. The van der Waals surface area contributed by atoms with Gasteiger partial charge in [-0.05, 0) is 23.8 Å². The van der Waals surface area contributed by atoms with Gasteiger partial charge in [-0.15, -0.1) is 23.5 Å². The second kappa shape index (κ2) is 9.71. The normalized spacial score (nSPS) is 14.0. The number of rotatable bonds is 7. The van der Waals surface area contributed by atoms with Crippen LogP contribution in [0, 0.1) is 0 Å². The summed E-state index contributed by atoms with van der Waals surface area (Å²) in [6, 6.07) is 14.5. The molecular weight excluding hydrogens is 384 g/mol. The molecule has 0 aliphatic carbocycles. The first kappa shape index (κ1) is 19.6.